The van der Waals surface area contributed by atoms with Crippen LogP contribution in [-0.4, -0.2) is 64.6 Å². The van der Waals surface area contributed by atoms with E-state index in [9.17, 15) is 21.6 Å². The molecule has 0 radical (unpaired) electrons. The Hall–Kier alpha value is -1.89. The molecule has 1 amide bonds. The maximum Gasteiger partial charge on any atom is 0.246 e. The molecule has 0 aliphatic carbocycles. The van der Waals surface area contributed by atoms with Crippen LogP contribution >= 0.6 is 23.2 Å². The molecule has 0 aromatic heterocycles. The Balaban J connectivity index is 1.41. The number of methoxy groups -OCH3 is 1. The van der Waals surface area contributed by atoms with E-state index >= 15 is 0 Å². The van der Waals surface area contributed by atoms with Crippen molar-refractivity contribution in [3.05, 3.63) is 52.0 Å². The predicted octanol–water partition coefficient (Wildman–Crippen LogP) is 4.36. The van der Waals surface area contributed by atoms with Crippen molar-refractivity contribution in [2.75, 3.05) is 38.6 Å². The molecule has 9 nitrogen and oxygen atoms in total. The number of hydrogen-bond acceptors (Lipinski definition) is 6. The molecular formula is C25H31Cl2N3O6S2. The minimum absolute atomic E-state index is 0.0128. The van der Waals surface area contributed by atoms with E-state index in [2.05, 4.69) is 5.32 Å². The zero-order valence-corrected chi connectivity index (χ0v) is 24.2. The number of benzene rings is 2. The van der Waals surface area contributed by atoms with Gasteiger partial charge in [-0.25, -0.2) is 21.1 Å². The lowest BCUT2D eigenvalue weighted by atomic mass is 9.97. The predicted molar refractivity (Wildman–Crippen MR) is 148 cm³/mol. The topological polar surface area (TPSA) is 113 Å². The van der Waals surface area contributed by atoms with Gasteiger partial charge in [-0.3, -0.25) is 4.79 Å². The van der Waals surface area contributed by atoms with Gasteiger partial charge in [0.05, 0.1) is 12.9 Å². The number of carbonyl (C=O) groups excluding carboxylic acids is 1. The number of nitrogens with zero attached hydrogens (tertiary/aromatic N) is 2. The van der Waals surface area contributed by atoms with E-state index in [-0.39, 0.29) is 45.4 Å². The fourth-order valence-corrected chi connectivity index (χ4v) is 8.80. The van der Waals surface area contributed by atoms with E-state index in [1.165, 1.54) is 27.9 Å². The minimum Gasteiger partial charge on any atom is -0.495 e. The highest BCUT2D eigenvalue weighted by Gasteiger charge is 2.33. The maximum atomic E-state index is 13.3. The Morgan fingerprint density at radius 3 is 2.18 bits per heavy atom. The Morgan fingerprint density at radius 1 is 0.947 bits per heavy atom. The first-order valence-electron chi connectivity index (χ1n) is 12.4. The molecule has 208 valence electrons. The highest BCUT2D eigenvalue weighted by atomic mass is 35.5. The molecular weight excluding hydrogens is 573 g/mol. The van der Waals surface area contributed by atoms with Crippen molar-refractivity contribution in [2.24, 2.45) is 5.92 Å². The number of ether oxygens (including phenoxy) is 1. The summed E-state index contributed by atoms with van der Waals surface area (Å²) in [5, 5.41) is 3.38. The summed E-state index contributed by atoms with van der Waals surface area (Å²) >= 11 is 12.3. The molecule has 2 aliphatic rings. The summed E-state index contributed by atoms with van der Waals surface area (Å²) in [6.07, 6.45) is 3.26. The van der Waals surface area contributed by atoms with E-state index in [0.29, 0.717) is 37.2 Å². The lowest BCUT2D eigenvalue weighted by Gasteiger charge is -2.31. The van der Waals surface area contributed by atoms with Gasteiger partial charge >= 0.3 is 0 Å². The van der Waals surface area contributed by atoms with Crippen LogP contribution in [0.2, 0.25) is 10.0 Å². The molecule has 2 aliphatic heterocycles. The van der Waals surface area contributed by atoms with Crippen LogP contribution in [0.1, 0.15) is 37.7 Å². The summed E-state index contributed by atoms with van der Waals surface area (Å²) in [7, 11) is -6.05. The van der Waals surface area contributed by atoms with Crippen molar-refractivity contribution >= 4 is 54.8 Å². The van der Waals surface area contributed by atoms with Gasteiger partial charge in [-0.05, 0) is 56.0 Å². The summed E-state index contributed by atoms with van der Waals surface area (Å²) in [4.78, 5) is 13.0. The lowest BCUT2D eigenvalue weighted by Crippen LogP contribution is -2.42. The second-order valence-electron chi connectivity index (χ2n) is 9.45. The van der Waals surface area contributed by atoms with E-state index in [4.69, 9.17) is 27.9 Å². The van der Waals surface area contributed by atoms with Crippen LogP contribution in [0.25, 0.3) is 0 Å². The molecule has 0 unspecified atom stereocenters. The highest BCUT2D eigenvalue weighted by molar-refractivity contribution is 7.89. The summed E-state index contributed by atoms with van der Waals surface area (Å²) in [5.74, 6) is -0.814. The van der Waals surface area contributed by atoms with Gasteiger partial charge in [-0.2, -0.15) is 4.31 Å². The third-order valence-electron chi connectivity index (χ3n) is 6.97. The Kier molecular flexibility index (Phi) is 9.26. The third kappa shape index (κ3) is 6.46. The monoisotopic (exact) mass is 603 g/mol. The number of carbonyl (C=O) groups is 1. The van der Waals surface area contributed by atoms with Crippen LogP contribution in [0.4, 0.5) is 5.69 Å². The molecule has 1 N–H and O–H groups in total. The van der Waals surface area contributed by atoms with Crippen molar-refractivity contribution in [1.29, 1.82) is 0 Å². The zero-order chi connectivity index (χ0) is 27.5. The second-order valence-corrected chi connectivity index (χ2v) is 14.1. The van der Waals surface area contributed by atoms with E-state index in [1.807, 2.05) is 0 Å². The molecule has 2 fully saturated rings. The van der Waals surface area contributed by atoms with Crippen LogP contribution in [0.3, 0.4) is 0 Å². The van der Waals surface area contributed by atoms with Gasteiger partial charge in [0.1, 0.15) is 10.6 Å². The number of nitrogens with one attached hydrogen (secondary N) is 1. The summed E-state index contributed by atoms with van der Waals surface area (Å²) in [6, 6.07) is 9.39. The van der Waals surface area contributed by atoms with Crippen molar-refractivity contribution in [3.63, 3.8) is 0 Å². The number of anilines is 1. The van der Waals surface area contributed by atoms with Gasteiger partial charge in [-0.1, -0.05) is 35.7 Å². The summed E-state index contributed by atoms with van der Waals surface area (Å²) in [5.41, 5.74) is 0.695. The number of sulfonamides is 2. The summed E-state index contributed by atoms with van der Waals surface area (Å²) < 4.78 is 60.6. The Morgan fingerprint density at radius 2 is 1.58 bits per heavy atom. The lowest BCUT2D eigenvalue weighted by molar-refractivity contribution is -0.120. The smallest absolute Gasteiger partial charge is 0.246 e. The van der Waals surface area contributed by atoms with Crippen molar-refractivity contribution in [2.45, 2.75) is 42.8 Å². The number of halogens is 2. The largest absolute Gasteiger partial charge is 0.495 e. The first kappa shape index (κ1) is 29.1. The minimum atomic E-state index is -3.78. The van der Waals surface area contributed by atoms with Crippen molar-refractivity contribution < 1.29 is 26.4 Å². The molecule has 13 heteroatoms. The Bertz CT molecular complexity index is 1370. The molecule has 2 heterocycles. The molecule has 0 atom stereocenters. The van der Waals surface area contributed by atoms with Gasteiger partial charge in [0.15, 0.2) is 0 Å². The van der Waals surface area contributed by atoms with E-state index < -0.39 is 26.0 Å². The molecule has 4 rings (SSSR count). The number of piperidine rings is 2. The first-order valence-corrected chi connectivity index (χ1v) is 16.2. The quantitative estimate of drug-likeness (QED) is 0.480. The fraction of sp³-hybridized carbons (Fsp3) is 0.480. The molecule has 2 aromatic rings. The van der Waals surface area contributed by atoms with Crippen molar-refractivity contribution in [1.82, 2.24) is 8.61 Å². The van der Waals surface area contributed by atoms with Crippen molar-refractivity contribution in [3.8, 4) is 5.75 Å². The number of amides is 1. The standard InChI is InChI=1S/C25H31Cl2N3O6S2/c1-36-23-9-8-19(16-24(23)38(34,35)30-12-3-2-4-13-30)28-25(31)18-10-14-29(15-11-18)37(32,33)17-20-21(26)6-5-7-22(20)27/h5-9,16,18H,2-4,10-15,17H2,1H3,(H,28,31). The SMILES string of the molecule is COc1ccc(NC(=O)C2CCN(S(=O)(=O)Cc3c(Cl)cccc3Cl)CC2)cc1S(=O)(=O)N1CCCCC1. The number of hydrogen-bond donors (Lipinski definition) is 1. The van der Waals surface area contributed by atoms with Gasteiger partial charge in [0.25, 0.3) is 0 Å². The van der Waals surface area contributed by atoms with Gasteiger partial charge < -0.3 is 10.1 Å². The van der Waals surface area contributed by atoms with Gasteiger partial charge in [0, 0.05) is 53.4 Å². The number of rotatable bonds is 8. The van der Waals surface area contributed by atoms with E-state index in [1.54, 1.807) is 24.3 Å². The molecule has 2 aromatic carbocycles. The van der Waals surface area contributed by atoms with Gasteiger partial charge in [0.2, 0.25) is 26.0 Å². The fourth-order valence-electron chi connectivity index (χ4n) is 4.78. The first-order chi connectivity index (χ1) is 18.0. The van der Waals surface area contributed by atoms with Crippen LogP contribution < -0.4 is 10.1 Å². The zero-order valence-electron chi connectivity index (χ0n) is 21.0. The Labute approximate surface area is 234 Å². The third-order valence-corrected chi connectivity index (χ3v) is 11.4. The molecule has 0 spiro atoms. The molecule has 0 bridgehead atoms. The summed E-state index contributed by atoms with van der Waals surface area (Å²) in [6.45, 7) is 1.26. The normalized spacial score (nSPS) is 18.3. The maximum absolute atomic E-state index is 13.3. The molecule has 38 heavy (non-hydrogen) atoms. The van der Waals surface area contributed by atoms with Crippen LogP contribution in [0.15, 0.2) is 41.3 Å². The average molecular weight is 605 g/mol. The van der Waals surface area contributed by atoms with Gasteiger partial charge in [-0.15, -0.1) is 0 Å². The van der Waals surface area contributed by atoms with E-state index in [0.717, 1.165) is 19.3 Å². The second kappa shape index (κ2) is 12.1. The van der Waals surface area contributed by atoms with Crippen LogP contribution in [0, 0.1) is 5.92 Å². The average Bonchev–Trinajstić information content (AvgIpc) is 2.91. The van der Waals surface area contributed by atoms with Crippen LogP contribution in [-0.2, 0) is 30.6 Å². The highest BCUT2D eigenvalue weighted by Crippen LogP contribution is 2.32. The molecule has 0 saturated carbocycles. The van der Waals surface area contributed by atoms with Crippen LogP contribution in [0.5, 0.6) is 5.75 Å². The molecule has 2 saturated heterocycles.